The molecule has 0 aliphatic carbocycles. The standard InChI is InChI=1S/C44H27N5.C40H25N5.C36H23N5/c1-3-12-31-25-33(19-17-28(31)9-1)42-46-43(34-20-18-29-10-2-4-13-32(29)26-34)48-44(47-42)35-22-24-40(45-27-35)49-38-16-8-7-15-37(38)41-36-14-6-5-11-30(36)21-23-39(41)49;1-2-12-28(13-3-1)38-42-39(30-19-18-26-10-4-5-14-29(26)24-30)44-40(43-38)31-21-23-36(41-25-31)45-34-17-9-8-16-33(34)37-32-15-7-6-11-27(32)20-22-35(37)45;1-3-12-25(13-4-1)34-38-35(26-14-5-2-6-15-26)40-36(39-34)27-20-22-32(37-23-27)41-30-18-10-9-17-29(30)33-28-16-8-7-11-24(28)19-21-31(33)41/h1-27H;1-25H;1-23H. The molecule has 27 rings (SSSR count). The Hall–Kier alpha value is -18.6. The molecule has 135 heavy (non-hydrogen) atoms. The molecular formula is C120H75N15. The molecule has 630 valence electrons. The molecule has 0 unspecified atom stereocenters. The topological polar surface area (TPSA) is 169 Å². The van der Waals surface area contributed by atoms with Gasteiger partial charge in [-0.05, 0) is 156 Å². The smallest absolute Gasteiger partial charge is 0.165 e. The van der Waals surface area contributed by atoms with Gasteiger partial charge in [-0.25, -0.2) is 59.8 Å². The van der Waals surface area contributed by atoms with Gasteiger partial charge in [0.15, 0.2) is 52.4 Å². The third-order valence-electron chi connectivity index (χ3n) is 25.4. The van der Waals surface area contributed by atoms with Crippen molar-refractivity contribution in [2.75, 3.05) is 0 Å². The summed E-state index contributed by atoms with van der Waals surface area (Å²) >= 11 is 0. The SMILES string of the molecule is c1ccc(-c2nc(-c3ccc(-n4c5ccccc5c5c6ccccc6ccc54)nc3)nc(-c3ccc4ccccc4c3)n2)cc1.c1ccc(-c2nc(-c3ccccc3)nc(-c3ccc(-n4c5ccccc5c5c6ccccc6ccc54)nc3)n2)cc1.c1ccc2cc(-c3nc(-c4ccc(-n5c6ccccc6c6c7ccccc7ccc65)nc4)nc(-c4ccc5ccccc5c4)n3)ccc2c1. The van der Waals surface area contributed by atoms with Crippen LogP contribution in [0.5, 0.6) is 0 Å². The van der Waals surface area contributed by atoms with E-state index in [2.05, 4.69) is 341 Å². The maximum absolute atomic E-state index is 5.03. The molecule has 9 aromatic heterocycles. The minimum Gasteiger partial charge on any atom is -0.294 e. The number of hydrogen-bond acceptors (Lipinski definition) is 12. The minimum atomic E-state index is 0.577. The Morgan fingerprint density at radius 2 is 0.341 bits per heavy atom. The molecule has 0 spiro atoms. The first-order valence-corrected chi connectivity index (χ1v) is 45.0. The monoisotopic (exact) mass is 1730 g/mol. The maximum atomic E-state index is 5.03. The first kappa shape index (κ1) is 78.6. The summed E-state index contributed by atoms with van der Waals surface area (Å²) in [6, 6.07) is 151. The zero-order chi connectivity index (χ0) is 89.2. The van der Waals surface area contributed by atoms with E-state index in [0.717, 1.165) is 117 Å². The molecule has 0 saturated heterocycles. The van der Waals surface area contributed by atoms with Crippen molar-refractivity contribution in [1.29, 1.82) is 0 Å². The predicted molar refractivity (Wildman–Crippen MR) is 550 cm³/mol. The summed E-state index contributed by atoms with van der Waals surface area (Å²) in [6.45, 7) is 0. The molecule has 18 aromatic carbocycles. The molecule has 0 atom stereocenters. The Morgan fingerprint density at radius 1 is 0.133 bits per heavy atom. The van der Waals surface area contributed by atoms with Gasteiger partial charge in [0.05, 0.1) is 33.1 Å². The van der Waals surface area contributed by atoms with Gasteiger partial charge in [-0.15, -0.1) is 0 Å². The number of nitrogens with zero attached hydrogens (tertiary/aromatic N) is 15. The van der Waals surface area contributed by atoms with Crippen molar-refractivity contribution in [2.24, 2.45) is 0 Å². The van der Waals surface area contributed by atoms with Crippen molar-refractivity contribution in [3.8, 4) is 120 Å². The van der Waals surface area contributed by atoms with Gasteiger partial charge in [-0.2, -0.15) is 0 Å². The predicted octanol–water partition coefficient (Wildman–Crippen LogP) is 29.0. The van der Waals surface area contributed by atoms with E-state index in [0.29, 0.717) is 52.4 Å². The average molecular weight is 1730 g/mol. The second-order valence-corrected chi connectivity index (χ2v) is 33.5. The third-order valence-corrected chi connectivity index (χ3v) is 25.4. The highest BCUT2D eigenvalue weighted by atomic mass is 15.1. The second-order valence-electron chi connectivity index (χ2n) is 33.5. The fourth-order valence-electron chi connectivity index (χ4n) is 18.9. The van der Waals surface area contributed by atoms with Crippen LogP contribution >= 0.6 is 0 Å². The summed E-state index contributed by atoms with van der Waals surface area (Å²) in [5, 5.41) is 21.7. The van der Waals surface area contributed by atoms with Crippen LogP contribution in [0.2, 0.25) is 0 Å². The summed E-state index contributed by atoms with van der Waals surface area (Å²) in [6.07, 6.45) is 5.60. The van der Waals surface area contributed by atoms with Crippen LogP contribution in [0.15, 0.2) is 455 Å². The largest absolute Gasteiger partial charge is 0.294 e. The summed E-state index contributed by atoms with van der Waals surface area (Å²) in [7, 11) is 0. The number of para-hydroxylation sites is 3. The highest BCUT2D eigenvalue weighted by Crippen LogP contribution is 2.43. The molecule has 27 aromatic rings. The first-order valence-electron chi connectivity index (χ1n) is 45.0. The van der Waals surface area contributed by atoms with Gasteiger partial charge in [0.25, 0.3) is 0 Å². The third kappa shape index (κ3) is 14.5. The van der Waals surface area contributed by atoms with Crippen LogP contribution in [0, 0.1) is 0 Å². The molecule has 15 heteroatoms. The lowest BCUT2D eigenvalue weighted by atomic mass is 10.0. The molecule has 15 nitrogen and oxygen atoms in total. The maximum Gasteiger partial charge on any atom is 0.165 e. The molecule has 0 radical (unpaired) electrons. The number of rotatable bonds is 12. The molecule has 0 aliphatic heterocycles. The Bertz CT molecular complexity index is 9150. The summed E-state index contributed by atoms with van der Waals surface area (Å²) in [5.74, 6) is 8.03. The summed E-state index contributed by atoms with van der Waals surface area (Å²) in [5.41, 5.74) is 14.8. The highest BCUT2D eigenvalue weighted by molar-refractivity contribution is 6.24. The van der Waals surface area contributed by atoms with E-state index >= 15 is 0 Å². The Balaban J connectivity index is 0.000000108. The van der Waals surface area contributed by atoms with Crippen LogP contribution in [0.1, 0.15) is 0 Å². The lowest BCUT2D eigenvalue weighted by molar-refractivity contribution is 1.05. The fraction of sp³-hybridized carbons (Fsp3) is 0. The number of pyridine rings is 3. The van der Waals surface area contributed by atoms with Gasteiger partial charge in [-0.1, -0.05) is 346 Å². The van der Waals surface area contributed by atoms with Crippen LogP contribution < -0.4 is 0 Å². The normalized spacial score (nSPS) is 11.6. The minimum absolute atomic E-state index is 0.577. The lowest BCUT2D eigenvalue weighted by Gasteiger charge is -2.11. The number of hydrogen-bond donors (Lipinski definition) is 0. The van der Waals surface area contributed by atoms with Gasteiger partial charge >= 0.3 is 0 Å². The van der Waals surface area contributed by atoms with Gasteiger partial charge in [0.1, 0.15) is 17.5 Å². The first-order chi connectivity index (χ1) is 66.9. The molecule has 0 N–H and O–H groups in total. The highest BCUT2D eigenvalue weighted by Gasteiger charge is 2.24. The molecule has 0 saturated carbocycles. The van der Waals surface area contributed by atoms with E-state index in [9.17, 15) is 0 Å². The van der Waals surface area contributed by atoms with Crippen molar-refractivity contribution in [2.45, 2.75) is 0 Å². The van der Waals surface area contributed by atoms with Crippen molar-refractivity contribution in [3.05, 3.63) is 455 Å². The van der Waals surface area contributed by atoms with Crippen LogP contribution in [0.4, 0.5) is 0 Å². The molecule has 0 amide bonds. The molecule has 0 bridgehead atoms. The molecule has 9 heterocycles. The van der Waals surface area contributed by atoms with E-state index in [-0.39, 0.29) is 0 Å². The van der Waals surface area contributed by atoms with Crippen molar-refractivity contribution in [1.82, 2.24) is 73.5 Å². The van der Waals surface area contributed by atoms with Crippen molar-refractivity contribution in [3.63, 3.8) is 0 Å². The van der Waals surface area contributed by atoms with E-state index in [1.807, 2.05) is 128 Å². The molecular weight excluding hydrogens is 1650 g/mol. The Morgan fingerprint density at radius 3 is 0.607 bits per heavy atom. The van der Waals surface area contributed by atoms with Crippen LogP contribution in [0.25, 0.3) is 250 Å². The fourth-order valence-corrected chi connectivity index (χ4v) is 18.9. The molecule has 0 aliphatic rings. The lowest BCUT2D eigenvalue weighted by Crippen LogP contribution is -2.02. The van der Waals surface area contributed by atoms with E-state index in [1.165, 1.54) is 80.8 Å². The Kier molecular flexibility index (Phi) is 19.5. The van der Waals surface area contributed by atoms with Gasteiger partial charge in [0, 0.05) is 101 Å². The van der Waals surface area contributed by atoms with Crippen LogP contribution in [-0.2, 0) is 0 Å². The van der Waals surface area contributed by atoms with Crippen molar-refractivity contribution >= 4 is 130 Å². The van der Waals surface area contributed by atoms with E-state index in [4.69, 9.17) is 59.8 Å². The Labute approximate surface area is 773 Å². The van der Waals surface area contributed by atoms with Crippen LogP contribution in [-0.4, -0.2) is 73.5 Å². The molecule has 0 fully saturated rings. The van der Waals surface area contributed by atoms with Gasteiger partial charge in [0.2, 0.25) is 0 Å². The number of fused-ring (bicyclic) bond motifs is 18. The van der Waals surface area contributed by atoms with E-state index in [1.54, 1.807) is 0 Å². The van der Waals surface area contributed by atoms with Gasteiger partial charge < -0.3 is 0 Å². The van der Waals surface area contributed by atoms with E-state index < -0.39 is 0 Å². The zero-order valence-electron chi connectivity index (χ0n) is 72.5. The quantitative estimate of drug-likeness (QED) is 0.114. The zero-order valence-corrected chi connectivity index (χ0v) is 72.5. The second kappa shape index (κ2) is 33.5. The number of benzene rings is 18. The van der Waals surface area contributed by atoms with Crippen molar-refractivity contribution < 1.29 is 0 Å². The van der Waals surface area contributed by atoms with Gasteiger partial charge in [-0.3, -0.25) is 13.7 Å². The van der Waals surface area contributed by atoms with Crippen LogP contribution in [0.3, 0.4) is 0 Å². The average Bonchev–Trinajstić information content (AvgIpc) is 1.58. The number of aromatic nitrogens is 15. The summed E-state index contributed by atoms with van der Waals surface area (Å²) < 4.78 is 6.72. The summed E-state index contributed by atoms with van der Waals surface area (Å²) in [4.78, 5) is 59.3.